The molecule has 7 heteroatoms. The lowest BCUT2D eigenvalue weighted by Crippen LogP contribution is -2.44. The molecular formula is C10H17N3O3S. The van der Waals surface area contributed by atoms with Crippen LogP contribution in [0.3, 0.4) is 0 Å². The van der Waals surface area contributed by atoms with Crippen molar-refractivity contribution in [2.75, 3.05) is 12.3 Å². The van der Waals surface area contributed by atoms with E-state index in [4.69, 9.17) is 9.66 Å². The molecule has 1 aromatic heterocycles. The van der Waals surface area contributed by atoms with Crippen LogP contribution in [-0.2, 0) is 16.6 Å². The minimum absolute atomic E-state index is 0.00421. The molecule has 1 aliphatic rings. The third-order valence-corrected chi connectivity index (χ3v) is 3.88. The van der Waals surface area contributed by atoms with Crippen molar-refractivity contribution in [1.29, 1.82) is 0 Å². The molecule has 0 bridgehead atoms. The van der Waals surface area contributed by atoms with E-state index in [0.717, 1.165) is 31.5 Å². The van der Waals surface area contributed by atoms with Gasteiger partial charge in [-0.05, 0) is 19.4 Å². The Morgan fingerprint density at radius 3 is 3.00 bits per heavy atom. The Hall–Kier alpha value is -0.920. The summed E-state index contributed by atoms with van der Waals surface area (Å²) in [4.78, 5) is 2.12. The number of nitrogens with zero attached hydrogens (tertiary/aromatic N) is 2. The maximum Gasteiger partial charge on any atom is 0.210 e. The average Bonchev–Trinajstić information content (AvgIpc) is 2.71. The van der Waals surface area contributed by atoms with E-state index in [1.54, 1.807) is 6.07 Å². The lowest BCUT2D eigenvalue weighted by Gasteiger charge is -2.34. The molecule has 1 fully saturated rings. The molecule has 1 saturated heterocycles. The van der Waals surface area contributed by atoms with Gasteiger partial charge in [0.05, 0.1) is 11.4 Å². The number of hydrogen-bond acceptors (Lipinski definition) is 5. The van der Waals surface area contributed by atoms with Crippen LogP contribution in [0, 0.1) is 0 Å². The molecule has 1 atom stereocenters. The summed E-state index contributed by atoms with van der Waals surface area (Å²) in [5.74, 6) is 0.0187. The first-order valence-corrected chi connectivity index (χ1v) is 7.40. The van der Waals surface area contributed by atoms with E-state index >= 15 is 0 Å². The van der Waals surface area contributed by atoms with Crippen LogP contribution in [0.2, 0.25) is 0 Å². The van der Waals surface area contributed by atoms with E-state index in [1.807, 2.05) is 0 Å². The van der Waals surface area contributed by atoms with E-state index in [-0.39, 0.29) is 11.8 Å². The fourth-order valence-corrected chi connectivity index (χ4v) is 3.17. The monoisotopic (exact) mass is 259 g/mol. The van der Waals surface area contributed by atoms with Crippen molar-refractivity contribution in [3.63, 3.8) is 0 Å². The molecule has 2 heterocycles. The zero-order valence-electron chi connectivity index (χ0n) is 9.58. The Bertz CT molecular complexity index is 443. The third kappa shape index (κ3) is 3.79. The number of rotatable bonds is 4. The second-order valence-corrected chi connectivity index (χ2v) is 6.10. The molecule has 2 N–H and O–H groups in total. The minimum Gasteiger partial charge on any atom is -0.364 e. The smallest absolute Gasteiger partial charge is 0.210 e. The van der Waals surface area contributed by atoms with Crippen molar-refractivity contribution in [3.05, 3.63) is 18.0 Å². The van der Waals surface area contributed by atoms with Crippen LogP contribution in [0.25, 0.3) is 0 Å². The molecule has 1 aromatic rings. The Balaban J connectivity index is 2.02. The molecule has 17 heavy (non-hydrogen) atoms. The Morgan fingerprint density at radius 1 is 1.53 bits per heavy atom. The van der Waals surface area contributed by atoms with Crippen LogP contribution in [-0.4, -0.2) is 36.8 Å². The Labute approximate surface area is 101 Å². The molecule has 1 unspecified atom stereocenters. The molecule has 6 nitrogen and oxygen atoms in total. The van der Waals surface area contributed by atoms with Gasteiger partial charge in [0.2, 0.25) is 10.0 Å². The highest BCUT2D eigenvalue weighted by Crippen LogP contribution is 2.19. The van der Waals surface area contributed by atoms with E-state index in [1.165, 1.54) is 6.26 Å². The van der Waals surface area contributed by atoms with Crippen LogP contribution in [0.4, 0.5) is 0 Å². The summed E-state index contributed by atoms with van der Waals surface area (Å²) >= 11 is 0. The fourth-order valence-electron chi connectivity index (χ4n) is 2.25. The second-order valence-electron chi connectivity index (χ2n) is 4.44. The summed E-state index contributed by atoms with van der Waals surface area (Å²) < 4.78 is 27.1. The van der Waals surface area contributed by atoms with Crippen LogP contribution >= 0.6 is 0 Å². The van der Waals surface area contributed by atoms with Gasteiger partial charge in [0, 0.05) is 18.7 Å². The maximum atomic E-state index is 11.2. The first kappa shape index (κ1) is 12.5. The van der Waals surface area contributed by atoms with Crippen LogP contribution in [0.1, 0.15) is 25.0 Å². The summed E-state index contributed by atoms with van der Waals surface area (Å²) in [5, 5.41) is 8.96. The summed E-state index contributed by atoms with van der Waals surface area (Å²) in [7, 11) is -3.42. The lowest BCUT2D eigenvalue weighted by molar-refractivity contribution is 0.150. The van der Waals surface area contributed by atoms with Crippen LogP contribution in [0.15, 0.2) is 16.9 Å². The molecule has 0 aromatic carbocycles. The number of aromatic nitrogens is 1. The van der Waals surface area contributed by atoms with Gasteiger partial charge < -0.3 is 4.52 Å². The predicted molar refractivity (Wildman–Crippen MR) is 62.5 cm³/mol. The zero-order chi connectivity index (χ0) is 12.3. The number of primary sulfonamides is 1. The van der Waals surface area contributed by atoms with E-state index in [0.29, 0.717) is 6.54 Å². The van der Waals surface area contributed by atoms with Crippen molar-refractivity contribution < 1.29 is 12.9 Å². The van der Waals surface area contributed by atoms with Crippen molar-refractivity contribution >= 4 is 10.0 Å². The standard InChI is InChI=1S/C10H17N3O3S/c11-17(14,15)8-10-3-1-2-5-13(10)7-9-4-6-16-12-9/h4,6,10H,1-3,5,7-8H2,(H2,11,14,15). The predicted octanol–water partition coefficient (Wildman–Crippen LogP) is 0.318. The number of nitrogens with two attached hydrogens (primary N) is 1. The largest absolute Gasteiger partial charge is 0.364 e. The highest BCUT2D eigenvalue weighted by Gasteiger charge is 2.26. The molecule has 96 valence electrons. The fraction of sp³-hybridized carbons (Fsp3) is 0.700. The van der Waals surface area contributed by atoms with Gasteiger partial charge in [-0.25, -0.2) is 13.6 Å². The van der Waals surface area contributed by atoms with Gasteiger partial charge in [0.25, 0.3) is 0 Å². The van der Waals surface area contributed by atoms with Gasteiger partial charge in [-0.15, -0.1) is 0 Å². The van der Waals surface area contributed by atoms with E-state index < -0.39 is 10.0 Å². The number of likely N-dealkylation sites (tertiary alicyclic amines) is 1. The van der Waals surface area contributed by atoms with Gasteiger partial charge in [-0.3, -0.25) is 4.90 Å². The molecular weight excluding hydrogens is 242 g/mol. The van der Waals surface area contributed by atoms with Crippen molar-refractivity contribution in [2.45, 2.75) is 31.8 Å². The van der Waals surface area contributed by atoms with E-state index in [9.17, 15) is 8.42 Å². The molecule has 2 rings (SSSR count). The average molecular weight is 259 g/mol. The van der Waals surface area contributed by atoms with Crippen molar-refractivity contribution in [2.24, 2.45) is 5.14 Å². The van der Waals surface area contributed by atoms with Gasteiger partial charge in [0.15, 0.2) is 0 Å². The second kappa shape index (κ2) is 5.16. The minimum atomic E-state index is -3.42. The molecule has 0 aliphatic carbocycles. The Kier molecular flexibility index (Phi) is 3.80. The Morgan fingerprint density at radius 2 is 2.35 bits per heavy atom. The highest BCUT2D eigenvalue weighted by atomic mass is 32.2. The van der Waals surface area contributed by atoms with Crippen molar-refractivity contribution in [3.8, 4) is 0 Å². The highest BCUT2D eigenvalue weighted by molar-refractivity contribution is 7.89. The van der Waals surface area contributed by atoms with Crippen molar-refractivity contribution in [1.82, 2.24) is 10.1 Å². The number of piperidine rings is 1. The van der Waals surface area contributed by atoms with Crippen LogP contribution < -0.4 is 5.14 Å². The molecule has 0 spiro atoms. The molecule has 1 aliphatic heterocycles. The maximum absolute atomic E-state index is 11.2. The molecule has 0 amide bonds. The number of sulfonamides is 1. The normalized spacial score (nSPS) is 22.8. The van der Waals surface area contributed by atoms with Gasteiger partial charge in [-0.1, -0.05) is 11.6 Å². The topological polar surface area (TPSA) is 89.4 Å². The summed E-state index contributed by atoms with van der Waals surface area (Å²) in [5.41, 5.74) is 0.825. The summed E-state index contributed by atoms with van der Waals surface area (Å²) in [6.45, 7) is 1.50. The first-order valence-electron chi connectivity index (χ1n) is 5.68. The van der Waals surface area contributed by atoms with Gasteiger partial charge in [0.1, 0.15) is 6.26 Å². The number of hydrogen-bond donors (Lipinski definition) is 1. The molecule has 0 radical (unpaired) electrons. The van der Waals surface area contributed by atoms with Crippen LogP contribution in [0.5, 0.6) is 0 Å². The SMILES string of the molecule is NS(=O)(=O)CC1CCCCN1Cc1ccon1. The molecule has 0 saturated carbocycles. The summed E-state index contributed by atoms with van der Waals surface area (Å²) in [6, 6.07) is 1.79. The summed E-state index contributed by atoms with van der Waals surface area (Å²) in [6.07, 6.45) is 4.52. The zero-order valence-corrected chi connectivity index (χ0v) is 10.4. The van der Waals surface area contributed by atoms with E-state index in [2.05, 4.69) is 10.1 Å². The van der Waals surface area contributed by atoms with Gasteiger partial charge >= 0.3 is 0 Å². The quantitative estimate of drug-likeness (QED) is 0.841. The third-order valence-electron chi connectivity index (χ3n) is 3.03. The van der Waals surface area contributed by atoms with Gasteiger partial charge in [-0.2, -0.15) is 0 Å². The lowest BCUT2D eigenvalue weighted by atomic mass is 10.0. The first-order chi connectivity index (χ1) is 8.04.